The van der Waals surface area contributed by atoms with Gasteiger partial charge in [-0.25, -0.2) is 0 Å². The van der Waals surface area contributed by atoms with E-state index in [1.165, 1.54) is 13.0 Å². The molecule has 20 heavy (non-hydrogen) atoms. The monoisotopic (exact) mass is 277 g/mol. The van der Waals surface area contributed by atoms with E-state index in [9.17, 15) is 14.4 Å². The highest BCUT2D eigenvalue weighted by Gasteiger charge is 2.24. The van der Waals surface area contributed by atoms with Crippen LogP contribution in [0, 0.1) is 5.92 Å². The highest BCUT2D eigenvalue weighted by atomic mass is 16.2. The quantitative estimate of drug-likeness (QED) is 0.837. The van der Waals surface area contributed by atoms with Crippen molar-refractivity contribution in [3.8, 4) is 0 Å². The van der Waals surface area contributed by atoms with Crippen molar-refractivity contribution in [2.24, 2.45) is 5.92 Å². The molecule has 2 rings (SSSR count). The summed E-state index contributed by atoms with van der Waals surface area (Å²) < 4.78 is 0. The Kier molecular flexibility index (Phi) is 4.55. The number of piperidine rings is 1. The Morgan fingerprint density at radius 1 is 1.35 bits per heavy atom. The summed E-state index contributed by atoms with van der Waals surface area (Å²) in [6.45, 7) is 3.48. The predicted molar refractivity (Wildman–Crippen MR) is 74.4 cm³/mol. The molecule has 0 spiro atoms. The lowest BCUT2D eigenvalue weighted by Crippen LogP contribution is -2.41. The van der Waals surface area contributed by atoms with Crippen LogP contribution in [0.1, 0.15) is 30.3 Å². The lowest BCUT2D eigenvalue weighted by atomic mass is 9.96. The zero-order valence-corrected chi connectivity index (χ0v) is 11.5. The smallest absolute Gasteiger partial charge is 0.270 e. The Morgan fingerprint density at radius 2 is 2.05 bits per heavy atom. The molecule has 1 aliphatic rings. The van der Waals surface area contributed by atoms with Crippen LogP contribution in [0.5, 0.6) is 0 Å². The molecule has 2 N–H and O–H groups in total. The number of carbonyl (C=O) groups is 2. The molecule has 1 aromatic rings. The van der Waals surface area contributed by atoms with Crippen molar-refractivity contribution in [2.75, 3.05) is 19.6 Å². The van der Waals surface area contributed by atoms with Crippen LogP contribution in [0.4, 0.5) is 0 Å². The van der Waals surface area contributed by atoms with Gasteiger partial charge < -0.3 is 15.2 Å². The molecule has 1 fully saturated rings. The first-order valence-electron chi connectivity index (χ1n) is 6.79. The number of carbonyl (C=O) groups excluding carboxylic acids is 2. The first kappa shape index (κ1) is 14.3. The zero-order chi connectivity index (χ0) is 14.5. The molecule has 0 bridgehead atoms. The minimum atomic E-state index is -0.267. The number of nitrogens with zero attached hydrogens (tertiary/aromatic N) is 1. The number of nitrogens with one attached hydrogen (secondary N) is 2. The van der Waals surface area contributed by atoms with Gasteiger partial charge in [-0.05, 0) is 24.8 Å². The van der Waals surface area contributed by atoms with Gasteiger partial charge in [0, 0.05) is 32.6 Å². The standard InChI is InChI=1S/C14H19N3O3/c1-10(18)15-9-11-5-7-17(8-6-11)14(20)12-3-2-4-13(19)16-12/h2-4,11H,5-9H2,1H3,(H,15,18)(H,16,19). The number of aromatic nitrogens is 1. The normalized spacial score (nSPS) is 15.9. The number of pyridine rings is 1. The number of hydrogen-bond donors (Lipinski definition) is 2. The minimum absolute atomic E-state index is 0.0228. The number of H-pyrrole nitrogens is 1. The Hall–Kier alpha value is -2.11. The van der Waals surface area contributed by atoms with Crippen molar-refractivity contribution < 1.29 is 9.59 Å². The van der Waals surface area contributed by atoms with Crippen molar-refractivity contribution in [1.82, 2.24) is 15.2 Å². The molecule has 1 aromatic heterocycles. The van der Waals surface area contributed by atoms with E-state index in [0.29, 0.717) is 31.2 Å². The fourth-order valence-corrected chi connectivity index (χ4v) is 2.37. The molecule has 0 aliphatic carbocycles. The van der Waals surface area contributed by atoms with Crippen molar-refractivity contribution in [3.05, 3.63) is 34.2 Å². The van der Waals surface area contributed by atoms with Gasteiger partial charge in [-0.2, -0.15) is 0 Å². The molecule has 1 aliphatic heterocycles. The van der Waals surface area contributed by atoms with E-state index in [1.54, 1.807) is 17.0 Å². The summed E-state index contributed by atoms with van der Waals surface area (Å²) in [6.07, 6.45) is 1.73. The summed E-state index contributed by atoms with van der Waals surface area (Å²) in [7, 11) is 0. The van der Waals surface area contributed by atoms with Crippen LogP contribution in [-0.4, -0.2) is 41.3 Å². The first-order chi connectivity index (χ1) is 9.56. The summed E-state index contributed by atoms with van der Waals surface area (Å²) in [5, 5.41) is 2.81. The number of amides is 2. The number of rotatable bonds is 3. The molecule has 2 heterocycles. The molecule has 6 heteroatoms. The highest BCUT2D eigenvalue weighted by molar-refractivity contribution is 5.92. The fourth-order valence-electron chi connectivity index (χ4n) is 2.37. The molecule has 108 valence electrons. The third kappa shape index (κ3) is 3.69. The van der Waals surface area contributed by atoms with Gasteiger partial charge in [0.15, 0.2) is 0 Å². The summed E-state index contributed by atoms with van der Waals surface area (Å²) >= 11 is 0. The minimum Gasteiger partial charge on any atom is -0.356 e. The van der Waals surface area contributed by atoms with E-state index in [0.717, 1.165) is 12.8 Å². The SMILES string of the molecule is CC(=O)NCC1CCN(C(=O)c2cccc(=O)[nH]2)CC1. The van der Waals surface area contributed by atoms with Gasteiger partial charge in [0.25, 0.3) is 5.91 Å². The van der Waals surface area contributed by atoms with Gasteiger partial charge in [-0.1, -0.05) is 6.07 Å². The maximum Gasteiger partial charge on any atom is 0.270 e. The van der Waals surface area contributed by atoms with E-state index < -0.39 is 0 Å². The lowest BCUT2D eigenvalue weighted by Gasteiger charge is -2.31. The molecular formula is C14H19N3O3. The van der Waals surface area contributed by atoms with E-state index in [-0.39, 0.29) is 17.4 Å². The Bertz CT molecular complexity index is 545. The topological polar surface area (TPSA) is 82.3 Å². The molecule has 0 unspecified atom stereocenters. The molecule has 0 radical (unpaired) electrons. The van der Waals surface area contributed by atoms with E-state index in [4.69, 9.17) is 0 Å². The van der Waals surface area contributed by atoms with E-state index in [2.05, 4.69) is 10.3 Å². The summed E-state index contributed by atoms with van der Waals surface area (Å²) in [4.78, 5) is 38.6. The maximum atomic E-state index is 12.2. The average molecular weight is 277 g/mol. The van der Waals surface area contributed by atoms with Gasteiger partial charge >= 0.3 is 0 Å². The second kappa shape index (κ2) is 6.36. The molecule has 2 amide bonds. The van der Waals surface area contributed by atoms with E-state index in [1.807, 2.05) is 0 Å². The Labute approximate surface area is 117 Å². The van der Waals surface area contributed by atoms with Crippen molar-refractivity contribution >= 4 is 11.8 Å². The van der Waals surface area contributed by atoms with Crippen molar-refractivity contribution in [1.29, 1.82) is 0 Å². The third-order valence-corrected chi connectivity index (χ3v) is 3.54. The highest BCUT2D eigenvalue weighted by Crippen LogP contribution is 2.17. The predicted octanol–water partition coefficient (Wildman–Crippen LogP) is 0.363. The number of aromatic amines is 1. The van der Waals surface area contributed by atoms with Crippen LogP contribution < -0.4 is 10.9 Å². The molecular weight excluding hydrogens is 258 g/mol. The number of hydrogen-bond acceptors (Lipinski definition) is 3. The van der Waals surface area contributed by atoms with Crippen LogP contribution in [0.15, 0.2) is 23.0 Å². The lowest BCUT2D eigenvalue weighted by molar-refractivity contribution is -0.119. The molecule has 6 nitrogen and oxygen atoms in total. The molecule has 0 atom stereocenters. The van der Waals surface area contributed by atoms with Crippen LogP contribution in [0.2, 0.25) is 0 Å². The largest absolute Gasteiger partial charge is 0.356 e. The number of likely N-dealkylation sites (tertiary alicyclic amines) is 1. The van der Waals surface area contributed by atoms with Crippen LogP contribution in [-0.2, 0) is 4.79 Å². The zero-order valence-electron chi connectivity index (χ0n) is 11.5. The first-order valence-corrected chi connectivity index (χ1v) is 6.79. The molecule has 0 aromatic carbocycles. The van der Waals surface area contributed by atoms with Gasteiger partial charge in [-0.15, -0.1) is 0 Å². The summed E-state index contributed by atoms with van der Waals surface area (Å²) in [5.74, 6) is 0.254. The van der Waals surface area contributed by atoms with Gasteiger partial charge in [0.05, 0.1) is 0 Å². The Balaban J connectivity index is 1.89. The van der Waals surface area contributed by atoms with Crippen LogP contribution >= 0.6 is 0 Å². The summed E-state index contributed by atoms with van der Waals surface area (Å²) in [5.41, 5.74) is 0.0641. The third-order valence-electron chi connectivity index (χ3n) is 3.54. The second-order valence-electron chi connectivity index (χ2n) is 5.10. The fraction of sp³-hybridized carbons (Fsp3) is 0.500. The molecule has 0 saturated carbocycles. The van der Waals surface area contributed by atoms with Gasteiger partial charge in [0.2, 0.25) is 11.5 Å². The average Bonchev–Trinajstić information content (AvgIpc) is 2.45. The van der Waals surface area contributed by atoms with Crippen LogP contribution in [0.25, 0.3) is 0 Å². The second-order valence-corrected chi connectivity index (χ2v) is 5.10. The van der Waals surface area contributed by atoms with Crippen LogP contribution in [0.3, 0.4) is 0 Å². The van der Waals surface area contributed by atoms with E-state index >= 15 is 0 Å². The van der Waals surface area contributed by atoms with Crippen molar-refractivity contribution in [2.45, 2.75) is 19.8 Å². The van der Waals surface area contributed by atoms with Gasteiger partial charge in [-0.3, -0.25) is 14.4 Å². The summed E-state index contributed by atoms with van der Waals surface area (Å²) in [6, 6.07) is 4.58. The maximum absolute atomic E-state index is 12.2. The van der Waals surface area contributed by atoms with Gasteiger partial charge in [0.1, 0.15) is 5.69 Å². The Morgan fingerprint density at radius 3 is 2.65 bits per heavy atom. The van der Waals surface area contributed by atoms with Crippen molar-refractivity contribution in [3.63, 3.8) is 0 Å². The molecule has 1 saturated heterocycles.